The average Bonchev–Trinajstić information content (AvgIpc) is 2.71. The minimum atomic E-state index is -0.616. The molecule has 2 aromatic rings. The summed E-state index contributed by atoms with van der Waals surface area (Å²) >= 11 is 0. The van der Waals surface area contributed by atoms with Gasteiger partial charge in [-0.2, -0.15) is 0 Å². The normalized spacial score (nSPS) is 15.5. The van der Waals surface area contributed by atoms with E-state index in [9.17, 15) is 9.59 Å². The van der Waals surface area contributed by atoms with Crippen molar-refractivity contribution in [3.8, 4) is 11.5 Å². The summed E-state index contributed by atoms with van der Waals surface area (Å²) in [6.45, 7) is 6.46. The number of nitrogens with zero attached hydrogens (tertiary/aromatic N) is 1. The van der Waals surface area contributed by atoms with Gasteiger partial charge in [0.15, 0.2) is 0 Å². The first-order valence-corrected chi connectivity index (χ1v) is 8.53. The van der Waals surface area contributed by atoms with Crippen LogP contribution in [0.15, 0.2) is 48.5 Å². The third-order valence-corrected chi connectivity index (χ3v) is 4.18. The molecule has 0 fully saturated rings. The van der Waals surface area contributed by atoms with Crippen molar-refractivity contribution in [1.29, 1.82) is 0 Å². The number of para-hydroxylation sites is 1. The van der Waals surface area contributed by atoms with E-state index >= 15 is 0 Å². The number of hydrogen-bond donors (Lipinski definition) is 1. The Morgan fingerprint density at radius 3 is 2.65 bits per heavy atom. The van der Waals surface area contributed by atoms with E-state index in [1.165, 1.54) is 0 Å². The van der Waals surface area contributed by atoms with Crippen LogP contribution in [-0.4, -0.2) is 25.2 Å². The molecule has 2 aromatic carbocycles. The number of amides is 2. The molecular weight excluding hydrogens is 332 g/mol. The van der Waals surface area contributed by atoms with E-state index in [-0.39, 0.29) is 12.5 Å². The van der Waals surface area contributed by atoms with Gasteiger partial charge in [0.2, 0.25) is 5.91 Å². The maximum Gasteiger partial charge on any atom is 0.417 e. The second kappa shape index (κ2) is 7.07. The first kappa shape index (κ1) is 17.8. The molecule has 1 heterocycles. The Morgan fingerprint density at radius 2 is 1.96 bits per heavy atom. The van der Waals surface area contributed by atoms with Gasteiger partial charge in [-0.25, -0.2) is 4.79 Å². The van der Waals surface area contributed by atoms with Crippen molar-refractivity contribution >= 4 is 23.4 Å². The fourth-order valence-corrected chi connectivity index (χ4v) is 2.78. The van der Waals surface area contributed by atoms with Crippen LogP contribution in [0.4, 0.5) is 16.2 Å². The van der Waals surface area contributed by atoms with Crippen molar-refractivity contribution < 1.29 is 19.1 Å². The zero-order valence-electron chi connectivity index (χ0n) is 15.1. The number of nitrogens with one attached hydrogen (secondary N) is 1. The third-order valence-electron chi connectivity index (χ3n) is 4.18. The van der Waals surface area contributed by atoms with E-state index < -0.39 is 11.5 Å². The average molecular weight is 354 g/mol. The summed E-state index contributed by atoms with van der Waals surface area (Å²) in [4.78, 5) is 26.4. The van der Waals surface area contributed by atoms with Crippen LogP contribution in [0.2, 0.25) is 0 Å². The number of fused-ring (bicyclic) bond motifs is 1. The van der Waals surface area contributed by atoms with Gasteiger partial charge in [0.25, 0.3) is 0 Å². The fourth-order valence-electron chi connectivity index (χ4n) is 2.78. The van der Waals surface area contributed by atoms with E-state index in [0.717, 1.165) is 0 Å². The number of hydrogen-bond acceptors (Lipinski definition) is 4. The lowest BCUT2D eigenvalue weighted by atomic mass is 9.93. The number of benzene rings is 2. The Balaban J connectivity index is 1.79. The predicted octanol–water partition coefficient (Wildman–Crippen LogP) is 4.07. The number of carbonyl (C=O) groups excluding carboxylic acids is 2. The lowest BCUT2D eigenvalue weighted by Crippen LogP contribution is -2.42. The summed E-state index contributed by atoms with van der Waals surface area (Å²) < 4.78 is 11.1. The second-order valence-corrected chi connectivity index (χ2v) is 6.73. The molecule has 0 aromatic heterocycles. The predicted molar refractivity (Wildman–Crippen MR) is 99.8 cm³/mol. The Bertz CT molecular complexity index is 818. The van der Waals surface area contributed by atoms with Gasteiger partial charge in [0, 0.05) is 18.3 Å². The van der Waals surface area contributed by atoms with E-state index in [0.29, 0.717) is 29.4 Å². The number of rotatable bonds is 3. The first-order chi connectivity index (χ1) is 12.4. The summed E-state index contributed by atoms with van der Waals surface area (Å²) in [6.07, 6.45) is -0.589. The number of anilines is 2. The fraction of sp³-hybridized carbons (Fsp3) is 0.300. The molecule has 0 saturated heterocycles. The van der Waals surface area contributed by atoms with Gasteiger partial charge < -0.3 is 14.4 Å². The Hall–Kier alpha value is -3.02. The Morgan fingerprint density at radius 1 is 1.23 bits per heavy atom. The standard InChI is InChI=1S/C20H22N2O4/c1-4-22-16-11-10-14(12-17(16)25-13-20(2,3)18(22)23)21-19(24)26-15-8-6-5-7-9-15/h5-12H,4,13H2,1-3H3,(H,21,24). The number of ether oxygens (including phenoxy) is 2. The maximum absolute atomic E-state index is 12.7. The molecule has 0 bridgehead atoms. The molecule has 0 radical (unpaired) electrons. The molecule has 1 aliphatic rings. The molecule has 1 aliphatic heterocycles. The lowest BCUT2D eigenvalue weighted by molar-refractivity contribution is -0.127. The molecule has 26 heavy (non-hydrogen) atoms. The topological polar surface area (TPSA) is 67.9 Å². The van der Waals surface area contributed by atoms with E-state index in [1.54, 1.807) is 47.4 Å². The summed E-state index contributed by atoms with van der Waals surface area (Å²) in [7, 11) is 0. The van der Waals surface area contributed by atoms with E-state index in [1.807, 2.05) is 26.8 Å². The van der Waals surface area contributed by atoms with Crippen molar-refractivity contribution in [3.05, 3.63) is 48.5 Å². The van der Waals surface area contributed by atoms with Crippen LogP contribution in [0.5, 0.6) is 11.5 Å². The Kier molecular flexibility index (Phi) is 4.84. The van der Waals surface area contributed by atoms with Gasteiger partial charge in [-0.15, -0.1) is 0 Å². The molecule has 6 nitrogen and oxygen atoms in total. The summed E-state index contributed by atoms with van der Waals surface area (Å²) in [5, 5.41) is 2.68. The molecule has 2 amide bonds. The molecule has 0 atom stereocenters. The van der Waals surface area contributed by atoms with E-state index in [4.69, 9.17) is 9.47 Å². The van der Waals surface area contributed by atoms with Crippen LogP contribution in [0.1, 0.15) is 20.8 Å². The lowest BCUT2D eigenvalue weighted by Gasteiger charge is -2.26. The Labute approximate surface area is 152 Å². The first-order valence-electron chi connectivity index (χ1n) is 8.53. The van der Waals surface area contributed by atoms with Gasteiger partial charge >= 0.3 is 6.09 Å². The van der Waals surface area contributed by atoms with Crippen LogP contribution in [0.25, 0.3) is 0 Å². The minimum Gasteiger partial charge on any atom is -0.490 e. The largest absolute Gasteiger partial charge is 0.490 e. The molecule has 1 N–H and O–H groups in total. The van der Waals surface area contributed by atoms with Crippen molar-refractivity contribution in [2.24, 2.45) is 5.41 Å². The number of carbonyl (C=O) groups is 2. The van der Waals surface area contributed by atoms with Gasteiger partial charge in [-0.05, 0) is 45.0 Å². The maximum atomic E-state index is 12.7. The molecule has 0 saturated carbocycles. The summed E-state index contributed by atoms with van der Waals surface area (Å²) in [5.74, 6) is 1.03. The van der Waals surface area contributed by atoms with Gasteiger partial charge in [0.05, 0.1) is 11.1 Å². The van der Waals surface area contributed by atoms with Gasteiger partial charge in [0.1, 0.15) is 18.1 Å². The van der Waals surface area contributed by atoms with Crippen LogP contribution in [0, 0.1) is 5.41 Å². The van der Waals surface area contributed by atoms with Crippen molar-refractivity contribution in [3.63, 3.8) is 0 Å². The zero-order chi connectivity index (χ0) is 18.7. The van der Waals surface area contributed by atoms with Crippen molar-refractivity contribution in [2.45, 2.75) is 20.8 Å². The molecule has 136 valence electrons. The highest BCUT2D eigenvalue weighted by atomic mass is 16.6. The highest BCUT2D eigenvalue weighted by Crippen LogP contribution is 2.38. The quantitative estimate of drug-likeness (QED) is 0.902. The van der Waals surface area contributed by atoms with Gasteiger partial charge in [-0.1, -0.05) is 18.2 Å². The monoisotopic (exact) mass is 354 g/mol. The van der Waals surface area contributed by atoms with Crippen LogP contribution >= 0.6 is 0 Å². The molecular formula is C20H22N2O4. The van der Waals surface area contributed by atoms with Crippen molar-refractivity contribution in [2.75, 3.05) is 23.4 Å². The molecule has 0 aliphatic carbocycles. The van der Waals surface area contributed by atoms with Crippen LogP contribution < -0.4 is 19.7 Å². The zero-order valence-corrected chi connectivity index (χ0v) is 15.1. The van der Waals surface area contributed by atoms with Gasteiger partial charge in [-0.3, -0.25) is 10.1 Å². The van der Waals surface area contributed by atoms with E-state index in [2.05, 4.69) is 5.32 Å². The SMILES string of the molecule is CCN1C(=O)C(C)(C)COc2cc(NC(=O)Oc3ccccc3)ccc21. The van der Waals surface area contributed by atoms with Crippen molar-refractivity contribution in [1.82, 2.24) is 0 Å². The van der Waals surface area contributed by atoms with Crippen LogP contribution in [-0.2, 0) is 4.79 Å². The van der Waals surface area contributed by atoms with Crippen LogP contribution in [0.3, 0.4) is 0 Å². The summed E-state index contributed by atoms with van der Waals surface area (Å²) in [6, 6.07) is 14.0. The molecule has 3 rings (SSSR count). The molecule has 6 heteroatoms. The highest BCUT2D eigenvalue weighted by molar-refractivity contribution is 5.99. The molecule has 0 spiro atoms. The molecule has 0 unspecified atom stereocenters. The summed E-state index contributed by atoms with van der Waals surface area (Å²) in [5.41, 5.74) is 0.618. The smallest absolute Gasteiger partial charge is 0.417 e. The third kappa shape index (κ3) is 3.64. The second-order valence-electron chi connectivity index (χ2n) is 6.73. The minimum absolute atomic E-state index is 0.0166. The highest BCUT2D eigenvalue weighted by Gasteiger charge is 2.37.